The number of carbonyl (C=O) groups is 1. The Hall–Kier alpha value is -1.59. The molecule has 1 aromatic carbocycles. The summed E-state index contributed by atoms with van der Waals surface area (Å²) < 4.78 is 0. The summed E-state index contributed by atoms with van der Waals surface area (Å²) >= 11 is 1.54. The number of hydrogen-bond acceptors (Lipinski definition) is 4. The minimum atomic E-state index is 0.0679. The molecule has 0 aliphatic carbocycles. The fourth-order valence-corrected chi connectivity index (χ4v) is 3.17. The minimum absolute atomic E-state index is 0.0679. The Kier molecular flexibility index (Phi) is 7.90. The van der Waals surface area contributed by atoms with Crippen LogP contribution < -0.4 is 10.6 Å². The van der Waals surface area contributed by atoms with Crippen molar-refractivity contribution in [3.8, 4) is 0 Å². The molecule has 0 saturated carbocycles. The van der Waals surface area contributed by atoms with Crippen LogP contribution in [0, 0.1) is 0 Å². The lowest BCUT2D eigenvalue weighted by Gasteiger charge is -2.07. The molecule has 0 aliphatic rings. The molecular weight excluding hydrogens is 306 g/mol. The Morgan fingerprint density at radius 1 is 1.13 bits per heavy atom. The van der Waals surface area contributed by atoms with E-state index in [9.17, 15) is 4.79 Å². The smallest absolute Gasteiger partial charge is 0.230 e. The van der Waals surface area contributed by atoms with E-state index in [2.05, 4.69) is 22.5 Å². The van der Waals surface area contributed by atoms with Crippen LogP contribution in [0.15, 0.2) is 41.4 Å². The lowest BCUT2D eigenvalue weighted by atomic mass is 10.2. The van der Waals surface area contributed by atoms with Crippen molar-refractivity contribution in [2.24, 2.45) is 0 Å². The van der Waals surface area contributed by atoms with E-state index in [-0.39, 0.29) is 5.91 Å². The second-order valence-electron chi connectivity index (χ2n) is 5.43. The van der Waals surface area contributed by atoms with E-state index >= 15 is 0 Å². The molecule has 2 N–H and O–H groups in total. The van der Waals surface area contributed by atoms with E-state index in [0.29, 0.717) is 12.3 Å². The summed E-state index contributed by atoms with van der Waals surface area (Å²) in [4.78, 5) is 17.4. The summed E-state index contributed by atoms with van der Waals surface area (Å²) in [5, 5.41) is 7.40. The SMILES string of the molecule is CCCCCNCCNC(=O)CSc1cccc2cccnc12. The third kappa shape index (κ3) is 6.20. The quantitative estimate of drug-likeness (QED) is 0.518. The maximum Gasteiger partial charge on any atom is 0.230 e. The van der Waals surface area contributed by atoms with E-state index in [1.165, 1.54) is 31.0 Å². The minimum Gasteiger partial charge on any atom is -0.354 e. The first kappa shape index (κ1) is 17.8. The number of hydrogen-bond donors (Lipinski definition) is 2. The fraction of sp³-hybridized carbons (Fsp3) is 0.444. The molecule has 0 radical (unpaired) electrons. The number of carbonyl (C=O) groups excluding carboxylic acids is 1. The zero-order valence-electron chi connectivity index (χ0n) is 13.7. The molecule has 0 unspecified atom stereocenters. The van der Waals surface area contributed by atoms with Gasteiger partial charge in [0.15, 0.2) is 0 Å². The van der Waals surface area contributed by atoms with Crippen molar-refractivity contribution >= 4 is 28.6 Å². The number of para-hydroxylation sites is 1. The zero-order chi connectivity index (χ0) is 16.3. The first-order valence-corrected chi connectivity index (χ1v) is 9.24. The van der Waals surface area contributed by atoms with Crippen molar-refractivity contribution in [3.63, 3.8) is 0 Å². The highest BCUT2D eigenvalue weighted by Gasteiger charge is 2.06. The predicted molar refractivity (Wildman–Crippen MR) is 97.9 cm³/mol. The van der Waals surface area contributed by atoms with Gasteiger partial charge < -0.3 is 10.6 Å². The maximum absolute atomic E-state index is 11.9. The third-order valence-corrected chi connectivity index (χ3v) is 4.58. The number of pyridine rings is 1. The van der Waals surface area contributed by atoms with Crippen LogP contribution in [0.5, 0.6) is 0 Å². The van der Waals surface area contributed by atoms with Gasteiger partial charge in [-0.2, -0.15) is 0 Å². The molecular formula is C18H25N3OS. The molecule has 0 bridgehead atoms. The van der Waals surface area contributed by atoms with Gasteiger partial charge in [-0.1, -0.05) is 38.0 Å². The van der Waals surface area contributed by atoms with Gasteiger partial charge in [0.1, 0.15) is 0 Å². The summed E-state index contributed by atoms with van der Waals surface area (Å²) in [6, 6.07) is 10.0. The Labute approximate surface area is 142 Å². The van der Waals surface area contributed by atoms with Crippen LogP contribution in [0.25, 0.3) is 10.9 Å². The number of unbranched alkanes of at least 4 members (excludes halogenated alkanes) is 2. The number of amides is 1. The van der Waals surface area contributed by atoms with Crippen molar-refractivity contribution in [3.05, 3.63) is 36.5 Å². The average Bonchev–Trinajstić information content (AvgIpc) is 2.59. The monoisotopic (exact) mass is 331 g/mol. The van der Waals surface area contributed by atoms with E-state index in [0.717, 1.165) is 28.9 Å². The van der Waals surface area contributed by atoms with E-state index in [1.807, 2.05) is 30.3 Å². The predicted octanol–water partition coefficient (Wildman–Crippen LogP) is 3.22. The summed E-state index contributed by atoms with van der Waals surface area (Å²) in [6.45, 7) is 4.73. The summed E-state index contributed by atoms with van der Waals surface area (Å²) in [7, 11) is 0. The molecule has 0 fully saturated rings. The van der Waals surface area contributed by atoms with E-state index < -0.39 is 0 Å². The number of aromatic nitrogens is 1. The van der Waals surface area contributed by atoms with Gasteiger partial charge in [-0.15, -0.1) is 11.8 Å². The molecule has 5 heteroatoms. The molecule has 23 heavy (non-hydrogen) atoms. The number of fused-ring (bicyclic) bond motifs is 1. The highest BCUT2D eigenvalue weighted by Crippen LogP contribution is 2.25. The molecule has 0 aliphatic heterocycles. The topological polar surface area (TPSA) is 54.0 Å². The molecule has 124 valence electrons. The van der Waals surface area contributed by atoms with Gasteiger partial charge in [-0.25, -0.2) is 0 Å². The number of thioether (sulfide) groups is 1. The number of benzene rings is 1. The molecule has 2 rings (SSSR count). The lowest BCUT2D eigenvalue weighted by Crippen LogP contribution is -2.33. The second-order valence-corrected chi connectivity index (χ2v) is 6.44. The summed E-state index contributed by atoms with van der Waals surface area (Å²) in [5.74, 6) is 0.490. The van der Waals surface area contributed by atoms with Gasteiger partial charge in [0.25, 0.3) is 0 Å². The molecule has 2 aromatic rings. The van der Waals surface area contributed by atoms with Crippen LogP contribution in [0.2, 0.25) is 0 Å². The highest BCUT2D eigenvalue weighted by molar-refractivity contribution is 8.00. The van der Waals surface area contributed by atoms with Gasteiger partial charge in [-0.3, -0.25) is 9.78 Å². The van der Waals surface area contributed by atoms with Gasteiger partial charge in [0.2, 0.25) is 5.91 Å². The molecule has 1 amide bonds. The van der Waals surface area contributed by atoms with Gasteiger partial charge in [-0.05, 0) is 25.1 Å². The van der Waals surface area contributed by atoms with E-state index in [1.54, 1.807) is 6.20 Å². The van der Waals surface area contributed by atoms with Crippen LogP contribution in [0.3, 0.4) is 0 Å². The number of rotatable bonds is 10. The molecule has 0 atom stereocenters. The van der Waals surface area contributed by atoms with Crippen molar-refractivity contribution < 1.29 is 4.79 Å². The molecule has 0 saturated heterocycles. The highest BCUT2D eigenvalue weighted by atomic mass is 32.2. The normalized spacial score (nSPS) is 10.8. The standard InChI is InChI=1S/C18H25N3OS/c1-2-3-4-10-19-12-13-20-17(22)14-23-16-9-5-7-15-8-6-11-21-18(15)16/h5-9,11,19H,2-4,10,12-14H2,1H3,(H,20,22). The fourth-order valence-electron chi connectivity index (χ4n) is 2.30. The number of nitrogens with one attached hydrogen (secondary N) is 2. The van der Waals surface area contributed by atoms with Crippen LogP contribution in [0.1, 0.15) is 26.2 Å². The largest absolute Gasteiger partial charge is 0.354 e. The van der Waals surface area contributed by atoms with Crippen LogP contribution in [-0.2, 0) is 4.79 Å². The molecule has 1 aromatic heterocycles. The van der Waals surface area contributed by atoms with Crippen LogP contribution in [0.4, 0.5) is 0 Å². The Balaban J connectivity index is 1.68. The van der Waals surface area contributed by atoms with Crippen LogP contribution in [-0.4, -0.2) is 36.3 Å². The first-order chi connectivity index (χ1) is 11.3. The van der Waals surface area contributed by atoms with E-state index in [4.69, 9.17) is 0 Å². The van der Waals surface area contributed by atoms with Gasteiger partial charge >= 0.3 is 0 Å². The van der Waals surface area contributed by atoms with Crippen molar-refractivity contribution in [1.82, 2.24) is 15.6 Å². The Morgan fingerprint density at radius 2 is 2.00 bits per heavy atom. The second kappa shape index (κ2) is 10.2. The van der Waals surface area contributed by atoms with Crippen LogP contribution >= 0.6 is 11.8 Å². The third-order valence-electron chi connectivity index (χ3n) is 3.54. The van der Waals surface area contributed by atoms with Crippen molar-refractivity contribution in [2.75, 3.05) is 25.4 Å². The van der Waals surface area contributed by atoms with Crippen molar-refractivity contribution in [1.29, 1.82) is 0 Å². The lowest BCUT2D eigenvalue weighted by molar-refractivity contribution is -0.118. The zero-order valence-corrected chi connectivity index (χ0v) is 14.5. The van der Waals surface area contributed by atoms with Gasteiger partial charge in [0.05, 0.1) is 11.3 Å². The molecule has 1 heterocycles. The maximum atomic E-state index is 11.9. The molecule has 0 spiro atoms. The summed E-state index contributed by atoms with van der Waals surface area (Å²) in [5.41, 5.74) is 0.963. The molecule has 4 nitrogen and oxygen atoms in total. The Morgan fingerprint density at radius 3 is 2.87 bits per heavy atom. The first-order valence-electron chi connectivity index (χ1n) is 8.25. The average molecular weight is 331 g/mol. The van der Waals surface area contributed by atoms with Gasteiger partial charge in [0, 0.05) is 29.6 Å². The Bertz CT molecular complexity index is 613. The van der Waals surface area contributed by atoms with Crippen molar-refractivity contribution in [2.45, 2.75) is 31.1 Å². The number of nitrogens with zero attached hydrogens (tertiary/aromatic N) is 1. The summed E-state index contributed by atoms with van der Waals surface area (Å²) in [6.07, 6.45) is 5.48.